The van der Waals surface area contributed by atoms with Crippen LogP contribution >= 0.6 is 0 Å². The van der Waals surface area contributed by atoms with Gasteiger partial charge >= 0.3 is 5.97 Å². The molecule has 1 aliphatic rings. The van der Waals surface area contributed by atoms with Gasteiger partial charge in [0.2, 0.25) is 0 Å². The van der Waals surface area contributed by atoms with E-state index < -0.39 is 6.04 Å². The highest BCUT2D eigenvalue weighted by atomic mass is 16.5. The molecule has 5 heteroatoms. The Labute approximate surface area is 119 Å². The van der Waals surface area contributed by atoms with Crippen LogP contribution in [0.25, 0.3) is 0 Å². The van der Waals surface area contributed by atoms with Crippen molar-refractivity contribution in [3.63, 3.8) is 0 Å². The van der Waals surface area contributed by atoms with Crippen LogP contribution in [0.15, 0.2) is 24.3 Å². The molecule has 5 nitrogen and oxygen atoms in total. The second-order valence-electron chi connectivity index (χ2n) is 4.71. The number of rotatable bonds is 8. The van der Waals surface area contributed by atoms with E-state index in [2.05, 4.69) is 5.32 Å². The number of carbonyl (C=O) groups excluding carboxylic acids is 1. The summed E-state index contributed by atoms with van der Waals surface area (Å²) in [7, 11) is 1.59. The van der Waals surface area contributed by atoms with Crippen molar-refractivity contribution in [2.75, 3.05) is 20.3 Å². The molecular formula is C15H21NO4. The van der Waals surface area contributed by atoms with E-state index in [1.54, 1.807) is 14.0 Å². The van der Waals surface area contributed by atoms with E-state index in [-0.39, 0.29) is 12.6 Å². The van der Waals surface area contributed by atoms with Crippen molar-refractivity contribution in [2.45, 2.75) is 31.8 Å². The molecule has 0 spiro atoms. The van der Waals surface area contributed by atoms with Gasteiger partial charge in [0.25, 0.3) is 0 Å². The number of benzene rings is 1. The molecule has 0 bridgehead atoms. The van der Waals surface area contributed by atoms with E-state index in [1.807, 2.05) is 24.3 Å². The Kier molecular flexibility index (Phi) is 5.24. The molecule has 110 valence electrons. The SMILES string of the molecule is CCOC(=O)C(COc1ccccc1OC)NC1CC1. The van der Waals surface area contributed by atoms with Crippen molar-refractivity contribution < 1.29 is 19.0 Å². The normalized spacial score (nSPS) is 15.5. The van der Waals surface area contributed by atoms with Crippen LogP contribution in [0.5, 0.6) is 11.5 Å². The van der Waals surface area contributed by atoms with E-state index in [4.69, 9.17) is 14.2 Å². The van der Waals surface area contributed by atoms with Gasteiger partial charge in [-0.15, -0.1) is 0 Å². The number of hydrogen-bond acceptors (Lipinski definition) is 5. The molecule has 1 unspecified atom stereocenters. The number of hydrogen-bond donors (Lipinski definition) is 1. The number of ether oxygens (including phenoxy) is 3. The van der Waals surface area contributed by atoms with Gasteiger partial charge in [-0.1, -0.05) is 12.1 Å². The van der Waals surface area contributed by atoms with E-state index in [0.29, 0.717) is 24.1 Å². The highest BCUT2D eigenvalue weighted by molar-refractivity contribution is 5.76. The molecule has 0 amide bonds. The molecule has 2 rings (SSSR count). The predicted octanol–water partition coefficient (Wildman–Crippen LogP) is 1.76. The summed E-state index contributed by atoms with van der Waals surface area (Å²) in [6.45, 7) is 2.40. The molecule has 1 fully saturated rings. The summed E-state index contributed by atoms with van der Waals surface area (Å²) in [4.78, 5) is 11.9. The van der Waals surface area contributed by atoms with Gasteiger partial charge < -0.3 is 14.2 Å². The summed E-state index contributed by atoms with van der Waals surface area (Å²) < 4.78 is 16.0. The first-order valence-corrected chi connectivity index (χ1v) is 6.93. The lowest BCUT2D eigenvalue weighted by atomic mass is 10.3. The zero-order valence-electron chi connectivity index (χ0n) is 11.9. The Morgan fingerprint density at radius 1 is 1.35 bits per heavy atom. The van der Waals surface area contributed by atoms with Crippen LogP contribution in [0.4, 0.5) is 0 Å². The summed E-state index contributed by atoms with van der Waals surface area (Å²) in [6, 6.07) is 7.35. The molecule has 1 N–H and O–H groups in total. The monoisotopic (exact) mass is 279 g/mol. The third-order valence-electron chi connectivity index (χ3n) is 3.06. The molecule has 0 radical (unpaired) electrons. The first-order valence-electron chi connectivity index (χ1n) is 6.93. The van der Waals surface area contributed by atoms with Crippen molar-refractivity contribution in [3.05, 3.63) is 24.3 Å². The third kappa shape index (κ3) is 4.13. The minimum absolute atomic E-state index is 0.232. The number of para-hydroxylation sites is 2. The third-order valence-corrected chi connectivity index (χ3v) is 3.06. The van der Waals surface area contributed by atoms with Gasteiger partial charge in [0.05, 0.1) is 13.7 Å². The second kappa shape index (κ2) is 7.14. The maximum atomic E-state index is 11.9. The van der Waals surface area contributed by atoms with Crippen LogP contribution in [-0.2, 0) is 9.53 Å². The van der Waals surface area contributed by atoms with Crippen molar-refractivity contribution in [1.29, 1.82) is 0 Å². The van der Waals surface area contributed by atoms with Gasteiger partial charge in [-0.05, 0) is 31.9 Å². The average molecular weight is 279 g/mol. The fourth-order valence-corrected chi connectivity index (χ4v) is 1.87. The van der Waals surface area contributed by atoms with Crippen LogP contribution in [0.3, 0.4) is 0 Å². The lowest BCUT2D eigenvalue weighted by molar-refractivity contribution is -0.146. The van der Waals surface area contributed by atoms with Crippen molar-refractivity contribution >= 4 is 5.97 Å². The lowest BCUT2D eigenvalue weighted by Crippen LogP contribution is -2.43. The van der Waals surface area contributed by atoms with Crippen LogP contribution < -0.4 is 14.8 Å². The quantitative estimate of drug-likeness (QED) is 0.735. The largest absolute Gasteiger partial charge is 0.493 e. The van der Waals surface area contributed by atoms with Crippen LogP contribution in [-0.4, -0.2) is 38.4 Å². The Morgan fingerprint density at radius 3 is 2.65 bits per heavy atom. The summed E-state index contributed by atoms with van der Waals surface area (Å²) in [5, 5.41) is 3.24. The molecule has 1 atom stereocenters. The first kappa shape index (κ1) is 14.7. The van der Waals surface area contributed by atoms with Crippen LogP contribution in [0.2, 0.25) is 0 Å². The van der Waals surface area contributed by atoms with Gasteiger partial charge in [-0.2, -0.15) is 0 Å². The smallest absolute Gasteiger partial charge is 0.326 e. The fourth-order valence-electron chi connectivity index (χ4n) is 1.87. The topological polar surface area (TPSA) is 56.8 Å². The zero-order valence-corrected chi connectivity index (χ0v) is 11.9. The summed E-state index contributed by atoms with van der Waals surface area (Å²) in [5.41, 5.74) is 0. The Hall–Kier alpha value is -1.75. The minimum Gasteiger partial charge on any atom is -0.493 e. The minimum atomic E-state index is -0.438. The highest BCUT2D eigenvalue weighted by Gasteiger charge is 2.29. The fraction of sp³-hybridized carbons (Fsp3) is 0.533. The highest BCUT2D eigenvalue weighted by Crippen LogP contribution is 2.26. The van der Waals surface area contributed by atoms with E-state index in [0.717, 1.165) is 12.8 Å². The van der Waals surface area contributed by atoms with Gasteiger partial charge in [-0.25, -0.2) is 0 Å². The molecule has 20 heavy (non-hydrogen) atoms. The van der Waals surface area contributed by atoms with Gasteiger partial charge in [-0.3, -0.25) is 10.1 Å². The van der Waals surface area contributed by atoms with Crippen molar-refractivity contribution in [3.8, 4) is 11.5 Å². The zero-order chi connectivity index (χ0) is 14.4. The Bertz CT molecular complexity index is 445. The first-order chi connectivity index (χ1) is 9.74. The molecule has 0 aliphatic heterocycles. The van der Waals surface area contributed by atoms with E-state index >= 15 is 0 Å². The maximum Gasteiger partial charge on any atom is 0.326 e. The summed E-state index contributed by atoms with van der Waals surface area (Å²) in [5.74, 6) is 1.01. The molecule has 1 aromatic carbocycles. The molecule has 1 saturated carbocycles. The standard InChI is InChI=1S/C15H21NO4/c1-3-19-15(17)12(16-11-8-9-11)10-20-14-7-5-4-6-13(14)18-2/h4-7,11-12,16H,3,8-10H2,1-2H3. The second-order valence-corrected chi connectivity index (χ2v) is 4.71. The molecule has 0 heterocycles. The van der Waals surface area contributed by atoms with Gasteiger partial charge in [0.1, 0.15) is 12.6 Å². The predicted molar refractivity (Wildman–Crippen MR) is 75.1 cm³/mol. The van der Waals surface area contributed by atoms with Gasteiger partial charge in [0.15, 0.2) is 11.5 Å². The summed E-state index contributed by atoms with van der Waals surface area (Å²) in [6.07, 6.45) is 2.20. The Balaban J connectivity index is 1.94. The molecule has 0 saturated heterocycles. The van der Waals surface area contributed by atoms with E-state index in [1.165, 1.54) is 0 Å². The Morgan fingerprint density at radius 2 is 2.05 bits per heavy atom. The van der Waals surface area contributed by atoms with Crippen LogP contribution in [0, 0.1) is 0 Å². The maximum absolute atomic E-state index is 11.9. The number of esters is 1. The lowest BCUT2D eigenvalue weighted by Gasteiger charge is -2.18. The number of carbonyl (C=O) groups is 1. The van der Waals surface area contributed by atoms with E-state index in [9.17, 15) is 4.79 Å². The van der Waals surface area contributed by atoms with Crippen molar-refractivity contribution in [1.82, 2.24) is 5.32 Å². The molecule has 1 aromatic rings. The number of nitrogens with one attached hydrogen (secondary N) is 1. The molecule has 1 aliphatic carbocycles. The number of methoxy groups -OCH3 is 1. The van der Waals surface area contributed by atoms with Gasteiger partial charge in [0, 0.05) is 6.04 Å². The van der Waals surface area contributed by atoms with Crippen molar-refractivity contribution in [2.24, 2.45) is 0 Å². The molecular weight excluding hydrogens is 258 g/mol. The average Bonchev–Trinajstić information content (AvgIpc) is 3.28. The summed E-state index contributed by atoms with van der Waals surface area (Å²) >= 11 is 0. The molecule has 0 aromatic heterocycles. The van der Waals surface area contributed by atoms with Crippen LogP contribution in [0.1, 0.15) is 19.8 Å².